The summed E-state index contributed by atoms with van der Waals surface area (Å²) in [5, 5.41) is 8.27. The van der Waals surface area contributed by atoms with Crippen molar-refractivity contribution < 1.29 is 38.2 Å². The van der Waals surface area contributed by atoms with Crippen LogP contribution in [-0.4, -0.2) is 91.6 Å². The summed E-state index contributed by atoms with van der Waals surface area (Å²) in [6, 6.07) is 4.50. The first kappa shape index (κ1) is 36.1. The molecule has 0 radical (unpaired) electrons. The van der Waals surface area contributed by atoms with Gasteiger partial charge in [-0.3, -0.25) is 24.0 Å². The van der Waals surface area contributed by atoms with Crippen LogP contribution < -0.4 is 20.7 Å². The van der Waals surface area contributed by atoms with Crippen LogP contribution >= 0.6 is 0 Å². The molecule has 2 fully saturated rings. The SMILES string of the molecule is C=CCNC(=O)C(=O)C(CCC)NC(=O)[C@@H]1C[C@@H]2CN1C(=O)[C@H](C1CCCCC1)NC(=O)Cc1cccc(c1)OCCCC(OC)O2. The van der Waals surface area contributed by atoms with E-state index in [9.17, 15) is 24.0 Å². The van der Waals surface area contributed by atoms with Gasteiger partial charge in [-0.25, -0.2) is 0 Å². The summed E-state index contributed by atoms with van der Waals surface area (Å²) in [5.41, 5.74) is 0.763. The number of fused-ring (bicyclic) bond motifs is 4. The number of ketones is 1. The Hall–Kier alpha value is -3.77. The van der Waals surface area contributed by atoms with Gasteiger partial charge >= 0.3 is 0 Å². The number of ether oxygens (including phenoxy) is 3. The van der Waals surface area contributed by atoms with E-state index in [0.717, 1.165) is 37.7 Å². The van der Waals surface area contributed by atoms with Crippen LogP contribution in [0, 0.1) is 5.92 Å². The molecule has 1 saturated carbocycles. The normalized spacial score (nSPS) is 25.1. The van der Waals surface area contributed by atoms with Crippen molar-refractivity contribution in [2.75, 3.05) is 26.8 Å². The monoisotopic (exact) mass is 654 g/mol. The molecule has 47 heavy (non-hydrogen) atoms. The van der Waals surface area contributed by atoms with Crippen molar-refractivity contribution in [1.82, 2.24) is 20.9 Å². The number of nitrogens with one attached hydrogen (secondary N) is 3. The number of carbonyl (C=O) groups excluding carboxylic acids is 5. The Morgan fingerprint density at radius 2 is 1.94 bits per heavy atom. The summed E-state index contributed by atoms with van der Waals surface area (Å²) in [5.74, 6) is -2.19. The molecular weight excluding hydrogens is 604 g/mol. The highest BCUT2D eigenvalue weighted by Gasteiger charge is 2.45. The first-order chi connectivity index (χ1) is 22.7. The molecule has 0 aromatic heterocycles. The Bertz CT molecular complexity index is 1270. The van der Waals surface area contributed by atoms with E-state index in [1.807, 2.05) is 31.2 Å². The van der Waals surface area contributed by atoms with Gasteiger partial charge in [-0.15, -0.1) is 6.58 Å². The Morgan fingerprint density at radius 3 is 2.66 bits per heavy atom. The summed E-state index contributed by atoms with van der Waals surface area (Å²) in [6.45, 7) is 6.05. The van der Waals surface area contributed by atoms with Gasteiger partial charge in [0.15, 0.2) is 6.29 Å². The zero-order valence-corrected chi connectivity index (χ0v) is 27.7. The molecule has 4 rings (SSSR count). The average Bonchev–Trinajstić information content (AvgIpc) is 3.50. The molecule has 1 aliphatic carbocycles. The van der Waals surface area contributed by atoms with E-state index >= 15 is 0 Å². The van der Waals surface area contributed by atoms with Crippen molar-refractivity contribution in [3.8, 4) is 5.75 Å². The predicted molar refractivity (Wildman–Crippen MR) is 174 cm³/mol. The molecule has 3 N–H and O–H groups in total. The molecule has 5 atom stereocenters. The maximum Gasteiger partial charge on any atom is 0.289 e. The number of carbonyl (C=O) groups is 5. The number of hydrogen-bond donors (Lipinski definition) is 3. The maximum atomic E-state index is 14.5. The van der Waals surface area contributed by atoms with Crippen molar-refractivity contribution in [1.29, 1.82) is 0 Å². The lowest BCUT2D eigenvalue weighted by atomic mass is 9.83. The van der Waals surface area contributed by atoms with Gasteiger partial charge in [0.25, 0.3) is 5.91 Å². The molecule has 1 aromatic carbocycles. The predicted octanol–water partition coefficient (Wildman–Crippen LogP) is 2.58. The van der Waals surface area contributed by atoms with Crippen LogP contribution in [0.2, 0.25) is 0 Å². The molecule has 12 heteroatoms. The minimum absolute atomic E-state index is 0.0732. The Morgan fingerprint density at radius 1 is 1.15 bits per heavy atom. The van der Waals surface area contributed by atoms with Gasteiger partial charge in [0.1, 0.15) is 17.8 Å². The van der Waals surface area contributed by atoms with Crippen LogP contribution in [0.25, 0.3) is 0 Å². The maximum absolute atomic E-state index is 14.5. The van der Waals surface area contributed by atoms with Crippen LogP contribution in [0.5, 0.6) is 5.75 Å². The number of Topliss-reactive ketones (excluding diaryl/α,β-unsaturated/α-hetero) is 1. The Labute approximate surface area is 277 Å². The second-order valence-electron chi connectivity index (χ2n) is 12.6. The van der Waals surface area contributed by atoms with Crippen LogP contribution in [0.1, 0.15) is 76.7 Å². The van der Waals surface area contributed by atoms with Crippen LogP contribution in [0.3, 0.4) is 0 Å². The first-order valence-electron chi connectivity index (χ1n) is 17.0. The minimum atomic E-state index is -1.06. The third kappa shape index (κ3) is 10.1. The van der Waals surface area contributed by atoms with Gasteiger partial charge in [-0.1, -0.05) is 50.8 Å². The van der Waals surface area contributed by atoms with Gasteiger partial charge in [0.05, 0.1) is 25.2 Å². The second-order valence-corrected chi connectivity index (χ2v) is 12.6. The average molecular weight is 655 g/mol. The van der Waals surface area contributed by atoms with Gasteiger partial charge in [0, 0.05) is 33.0 Å². The topological polar surface area (TPSA) is 152 Å². The molecule has 4 bridgehead atoms. The van der Waals surface area contributed by atoms with E-state index in [1.165, 1.54) is 11.0 Å². The Kier molecular flexibility index (Phi) is 13.8. The summed E-state index contributed by atoms with van der Waals surface area (Å²) >= 11 is 0. The molecule has 0 spiro atoms. The summed E-state index contributed by atoms with van der Waals surface area (Å²) in [4.78, 5) is 68.8. The fraction of sp³-hybridized carbons (Fsp3) is 0.629. The quantitative estimate of drug-likeness (QED) is 0.257. The summed E-state index contributed by atoms with van der Waals surface area (Å²) in [6.07, 6.45) is 7.04. The fourth-order valence-corrected chi connectivity index (χ4v) is 6.70. The van der Waals surface area contributed by atoms with Gasteiger partial charge in [0.2, 0.25) is 23.5 Å². The summed E-state index contributed by atoms with van der Waals surface area (Å²) in [7, 11) is 1.55. The number of amides is 4. The largest absolute Gasteiger partial charge is 0.494 e. The molecule has 12 nitrogen and oxygen atoms in total. The highest BCUT2D eigenvalue weighted by molar-refractivity contribution is 6.38. The van der Waals surface area contributed by atoms with E-state index in [0.29, 0.717) is 31.6 Å². The number of rotatable bonds is 10. The van der Waals surface area contributed by atoms with Crippen molar-refractivity contribution >= 4 is 29.4 Å². The minimum Gasteiger partial charge on any atom is -0.494 e. The highest BCUT2D eigenvalue weighted by Crippen LogP contribution is 2.31. The standard InChI is InChI=1S/C35H50N4O8/c1-4-11-27(32(41)34(43)36-17-5-2)37-33(42)28-21-26-22-39(28)35(44)31(24-13-7-6-8-14-24)38-29(40)20-23-12-9-15-25(19-23)46-18-10-16-30(45-3)47-26/h5,9,12,15,19,24,26-28,30-31H,2,4,6-8,10-11,13-14,16-18,20-22H2,1,3H3,(H,36,43)(H,37,42)(H,38,40)/t26-,27?,28+,30?,31+/m1/s1. The number of nitrogens with zero attached hydrogens (tertiary/aromatic N) is 1. The Balaban J connectivity index is 1.63. The van der Waals surface area contributed by atoms with E-state index in [2.05, 4.69) is 22.5 Å². The van der Waals surface area contributed by atoms with Crippen LogP contribution in [-0.2, 0) is 39.9 Å². The second kappa shape index (κ2) is 18.0. The zero-order chi connectivity index (χ0) is 33.8. The van der Waals surface area contributed by atoms with Crippen molar-refractivity contribution in [2.24, 2.45) is 5.92 Å². The van der Waals surface area contributed by atoms with Crippen molar-refractivity contribution in [2.45, 2.75) is 108 Å². The third-order valence-electron chi connectivity index (χ3n) is 9.12. The highest BCUT2D eigenvalue weighted by atomic mass is 16.7. The van der Waals surface area contributed by atoms with Gasteiger partial charge in [-0.2, -0.15) is 0 Å². The van der Waals surface area contributed by atoms with E-state index < -0.39 is 48.1 Å². The first-order valence-corrected chi connectivity index (χ1v) is 17.0. The number of hydrogen-bond acceptors (Lipinski definition) is 8. The zero-order valence-electron chi connectivity index (χ0n) is 27.7. The lowest BCUT2D eigenvalue weighted by Crippen LogP contribution is -2.58. The van der Waals surface area contributed by atoms with Crippen molar-refractivity contribution in [3.05, 3.63) is 42.5 Å². The molecule has 2 heterocycles. The lowest BCUT2D eigenvalue weighted by molar-refractivity contribution is -0.158. The smallest absolute Gasteiger partial charge is 0.289 e. The molecule has 258 valence electrons. The molecule has 1 saturated heterocycles. The molecular formula is C35H50N4O8. The van der Waals surface area contributed by atoms with Crippen LogP contribution in [0.4, 0.5) is 0 Å². The molecule has 2 aliphatic heterocycles. The molecule has 4 amide bonds. The lowest BCUT2D eigenvalue weighted by Gasteiger charge is -2.35. The fourth-order valence-electron chi connectivity index (χ4n) is 6.70. The van der Waals surface area contributed by atoms with E-state index in [4.69, 9.17) is 14.2 Å². The van der Waals surface area contributed by atoms with Gasteiger partial charge in [-0.05, 0) is 49.3 Å². The number of benzene rings is 1. The molecule has 3 aliphatic rings. The van der Waals surface area contributed by atoms with Crippen LogP contribution in [0.15, 0.2) is 36.9 Å². The molecule has 1 aromatic rings. The summed E-state index contributed by atoms with van der Waals surface area (Å²) < 4.78 is 17.8. The van der Waals surface area contributed by atoms with E-state index in [1.54, 1.807) is 7.11 Å². The van der Waals surface area contributed by atoms with E-state index in [-0.39, 0.29) is 50.1 Å². The number of methoxy groups -OCH3 is 1. The van der Waals surface area contributed by atoms with Gasteiger partial charge < -0.3 is 35.1 Å². The molecule has 2 unspecified atom stereocenters. The third-order valence-corrected chi connectivity index (χ3v) is 9.12. The van der Waals surface area contributed by atoms with Crippen molar-refractivity contribution in [3.63, 3.8) is 0 Å².